The molecule has 2 heterocycles. The van der Waals surface area contributed by atoms with Crippen molar-refractivity contribution < 1.29 is 17.9 Å². The second kappa shape index (κ2) is 7.29. The lowest BCUT2D eigenvalue weighted by molar-refractivity contribution is -0.149. The van der Waals surface area contributed by atoms with Gasteiger partial charge in [0.15, 0.2) is 9.84 Å². The fourth-order valence-corrected chi connectivity index (χ4v) is 9.18. The number of halogens is 1. The van der Waals surface area contributed by atoms with Crippen molar-refractivity contribution in [3.63, 3.8) is 0 Å². The number of benzene rings is 1. The Morgan fingerprint density at radius 1 is 1.23 bits per heavy atom. The van der Waals surface area contributed by atoms with Crippen LogP contribution in [-0.2, 0) is 31.5 Å². The summed E-state index contributed by atoms with van der Waals surface area (Å²) in [6.45, 7) is 6.45. The van der Waals surface area contributed by atoms with Gasteiger partial charge in [-0.1, -0.05) is 32.4 Å². The number of thiazole rings is 1. The van der Waals surface area contributed by atoms with E-state index >= 15 is 0 Å². The molecular formula is C23H26ClNO4S2. The Bertz CT molecular complexity index is 1140. The van der Waals surface area contributed by atoms with Gasteiger partial charge in [0, 0.05) is 27.7 Å². The first kappa shape index (κ1) is 21.4. The summed E-state index contributed by atoms with van der Waals surface area (Å²) in [6, 6.07) is 6.27. The molecule has 5 nitrogen and oxygen atoms in total. The van der Waals surface area contributed by atoms with Crippen LogP contribution in [0.15, 0.2) is 29.2 Å². The van der Waals surface area contributed by atoms with E-state index in [1.165, 1.54) is 16.2 Å². The van der Waals surface area contributed by atoms with Crippen molar-refractivity contribution in [2.45, 2.75) is 62.7 Å². The van der Waals surface area contributed by atoms with Crippen LogP contribution in [-0.4, -0.2) is 25.5 Å². The maximum absolute atomic E-state index is 12.9. The van der Waals surface area contributed by atoms with Crippen LogP contribution in [0.5, 0.6) is 0 Å². The molecule has 1 aromatic carbocycles. The zero-order valence-corrected chi connectivity index (χ0v) is 20.2. The monoisotopic (exact) mass is 479 g/mol. The Kier molecular flexibility index (Phi) is 5.03. The predicted octanol–water partition coefficient (Wildman–Crippen LogP) is 5.02. The maximum atomic E-state index is 12.9. The van der Waals surface area contributed by atoms with Crippen LogP contribution < -0.4 is 0 Å². The molecule has 0 bridgehead atoms. The standard InChI is InChI=1S/C23H26ClNO4S2/c1-12-16-8-9-23(3)10-17-20(13(2)19(23)21(16)29-22(12)26)25-18(30-17)11-31(27,28)15-6-4-14(24)5-7-15/h4-7,12-13,16,19,21H,8-11H2,1-3H3. The zero-order chi connectivity index (χ0) is 22.1. The molecule has 5 rings (SSSR count). The van der Waals surface area contributed by atoms with Crippen LogP contribution >= 0.6 is 22.9 Å². The first-order chi connectivity index (χ1) is 14.6. The summed E-state index contributed by atoms with van der Waals surface area (Å²) >= 11 is 7.42. The Hall–Kier alpha value is -1.44. The fraction of sp³-hybridized carbons (Fsp3) is 0.565. The van der Waals surface area contributed by atoms with E-state index in [4.69, 9.17) is 21.3 Å². The van der Waals surface area contributed by atoms with Crippen LogP contribution in [0.1, 0.15) is 55.1 Å². The first-order valence-electron chi connectivity index (χ1n) is 10.8. The van der Waals surface area contributed by atoms with Gasteiger partial charge in [-0.3, -0.25) is 4.79 Å². The molecule has 2 fully saturated rings. The maximum Gasteiger partial charge on any atom is 0.309 e. The number of sulfone groups is 1. The van der Waals surface area contributed by atoms with Crippen LogP contribution in [0.3, 0.4) is 0 Å². The Labute approximate surface area is 192 Å². The molecule has 1 saturated heterocycles. The number of rotatable bonds is 3. The van der Waals surface area contributed by atoms with E-state index in [1.54, 1.807) is 24.3 Å². The molecule has 6 unspecified atom stereocenters. The average Bonchev–Trinajstić information content (AvgIpc) is 3.21. The van der Waals surface area contributed by atoms with Crippen LogP contribution in [0.4, 0.5) is 0 Å². The molecule has 8 heteroatoms. The molecular weight excluding hydrogens is 454 g/mol. The SMILES string of the molecule is CC1C(=O)OC2C1CCC1(C)Cc3sc(CS(=O)(=O)c4ccc(Cl)cc4)nc3C(C)C21. The summed E-state index contributed by atoms with van der Waals surface area (Å²) in [5, 5.41) is 1.14. The molecule has 1 aromatic heterocycles. The number of aromatic nitrogens is 1. The molecule has 3 aliphatic rings. The fourth-order valence-electron chi connectivity index (χ4n) is 6.08. The molecule has 0 spiro atoms. The lowest BCUT2D eigenvalue weighted by Crippen LogP contribution is -2.50. The average molecular weight is 480 g/mol. The topological polar surface area (TPSA) is 73.3 Å². The van der Waals surface area contributed by atoms with Gasteiger partial charge in [0.25, 0.3) is 0 Å². The Balaban J connectivity index is 1.45. The summed E-state index contributed by atoms with van der Waals surface area (Å²) in [5.74, 6) is 0.388. The lowest BCUT2D eigenvalue weighted by atomic mass is 9.54. The van der Waals surface area contributed by atoms with Crippen molar-refractivity contribution in [2.75, 3.05) is 0 Å². The van der Waals surface area contributed by atoms with Crippen molar-refractivity contribution in [1.29, 1.82) is 0 Å². The molecule has 31 heavy (non-hydrogen) atoms. The molecule has 1 aliphatic heterocycles. The molecule has 0 N–H and O–H groups in total. The molecule has 2 aliphatic carbocycles. The molecule has 166 valence electrons. The number of hydrogen-bond donors (Lipinski definition) is 0. The van der Waals surface area contributed by atoms with Gasteiger partial charge in [-0.2, -0.15) is 0 Å². The van der Waals surface area contributed by atoms with Crippen LogP contribution in [0, 0.1) is 23.2 Å². The van der Waals surface area contributed by atoms with Gasteiger partial charge in [0.2, 0.25) is 0 Å². The van der Waals surface area contributed by atoms with Crippen LogP contribution in [0.25, 0.3) is 0 Å². The largest absolute Gasteiger partial charge is 0.461 e. The summed E-state index contributed by atoms with van der Waals surface area (Å²) in [6.07, 6.45) is 2.86. The number of carbonyl (C=O) groups excluding carboxylic acids is 1. The van der Waals surface area contributed by atoms with Crippen molar-refractivity contribution in [3.8, 4) is 0 Å². The molecule has 6 atom stereocenters. The minimum atomic E-state index is -3.50. The highest BCUT2D eigenvalue weighted by atomic mass is 35.5. The summed E-state index contributed by atoms with van der Waals surface area (Å²) in [4.78, 5) is 18.5. The molecule has 2 aromatic rings. The zero-order valence-electron chi connectivity index (χ0n) is 17.8. The minimum absolute atomic E-state index is 0.0385. The number of carbonyl (C=O) groups is 1. The van der Waals surface area contributed by atoms with Gasteiger partial charge < -0.3 is 4.74 Å². The summed E-state index contributed by atoms with van der Waals surface area (Å²) < 4.78 is 31.7. The van der Waals surface area contributed by atoms with Gasteiger partial charge in [-0.25, -0.2) is 13.4 Å². The van der Waals surface area contributed by atoms with E-state index in [-0.39, 0.29) is 51.8 Å². The number of fused-ring (bicyclic) bond motifs is 4. The highest BCUT2D eigenvalue weighted by molar-refractivity contribution is 7.90. The Morgan fingerprint density at radius 2 is 1.94 bits per heavy atom. The third-order valence-corrected chi connectivity index (χ3v) is 10.8. The number of hydrogen-bond acceptors (Lipinski definition) is 6. The van der Waals surface area contributed by atoms with E-state index in [1.807, 2.05) is 6.92 Å². The second-order valence-electron chi connectivity index (χ2n) is 9.67. The van der Waals surface area contributed by atoms with Gasteiger partial charge >= 0.3 is 5.97 Å². The van der Waals surface area contributed by atoms with Crippen molar-refractivity contribution >= 4 is 38.7 Å². The predicted molar refractivity (Wildman–Crippen MR) is 120 cm³/mol. The van der Waals surface area contributed by atoms with E-state index < -0.39 is 9.84 Å². The van der Waals surface area contributed by atoms with Gasteiger partial charge in [0.05, 0.1) is 16.5 Å². The van der Waals surface area contributed by atoms with Gasteiger partial charge in [0.1, 0.15) is 16.9 Å². The van der Waals surface area contributed by atoms with E-state index in [9.17, 15) is 13.2 Å². The van der Waals surface area contributed by atoms with E-state index in [0.29, 0.717) is 10.0 Å². The quantitative estimate of drug-likeness (QED) is 0.577. The minimum Gasteiger partial charge on any atom is -0.461 e. The lowest BCUT2D eigenvalue weighted by Gasteiger charge is -2.51. The van der Waals surface area contributed by atoms with Crippen molar-refractivity contribution in [2.24, 2.45) is 23.2 Å². The molecule has 0 radical (unpaired) electrons. The van der Waals surface area contributed by atoms with Crippen molar-refractivity contribution in [3.05, 3.63) is 44.9 Å². The van der Waals surface area contributed by atoms with E-state index in [2.05, 4.69) is 13.8 Å². The smallest absolute Gasteiger partial charge is 0.309 e. The number of ether oxygens (including phenoxy) is 1. The first-order valence-corrected chi connectivity index (χ1v) is 13.6. The molecule has 0 amide bonds. The normalized spacial score (nSPS) is 34.6. The van der Waals surface area contributed by atoms with Crippen molar-refractivity contribution in [1.82, 2.24) is 4.98 Å². The van der Waals surface area contributed by atoms with Crippen LogP contribution in [0.2, 0.25) is 5.02 Å². The Morgan fingerprint density at radius 3 is 2.65 bits per heavy atom. The summed E-state index contributed by atoms with van der Waals surface area (Å²) in [7, 11) is -3.50. The summed E-state index contributed by atoms with van der Waals surface area (Å²) in [5.41, 5.74) is 1.03. The number of esters is 1. The van der Waals surface area contributed by atoms with Gasteiger partial charge in [-0.05, 0) is 48.9 Å². The highest BCUT2D eigenvalue weighted by Gasteiger charge is 2.58. The van der Waals surface area contributed by atoms with Gasteiger partial charge in [-0.15, -0.1) is 11.3 Å². The third-order valence-electron chi connectivity index (χ3n) is 7.69. The number of nitrogens with zero attached hydrogens (tertiary/aromatic N) is 1. The second-order valence-corrected chi connectivity index (χ2v) is 13.3. The van der Waals surface area contributed by atoms with E-state index in [0.717, 1.165) is 25.0 Å². The third kappa shape index (κ3) is 3.44. The molecule has 1 saturated carbocycles. The highest BCUT2D eigenvalue weighted by Crippen LogP contribution is 2.59.